The van der Waals surface area contributed by atoms with Gasteiger partial charge in [0, 0.05) is 24.4 Å². The third-order valence-electron chi connectivity index (χ3n) is 4.16. The van der Waals surface area contributed by atoms with E-state index in [0.29, 0.717) is 32.9 Å². The number of hydrogen-bond acceptors (Lipinski definition) is 6. The van der Waals surface area contributed by atoms with E-state index in [1.165, 1.54) is 12.1 Å². The fourth-order valence-corrected chi connectivity index (χ4v) is 3.97. The van der Waals surface area contributed by atoms with Gasteiger partial charge in [0.15, 0.2) is 4.90 Å². The average molecular weight is 394 g/mol. The van der Waals surface area contributed by atoms with E-state index in [0.717, 1.165) is 0 Å². The number of nitrogens with zero attached hydrogens (tertiary/aromatic N) is 3. The predicted molar refractivity (Wildman–Crippen MR) is 104 cm³/mol. The first-order valence-corrected chi connectivity index (χ1v) is 9.37. The number of imidazole rings is 1. The van der Waals surface area contributed by atoms with Crippen molar-refractivity contribution in [2.24, 2.45) is 0 Å². The Morgan fingerprint density at radius 3 is 2.75 bits per heavy atom. The second kappa shape index (κ2) is 7.29. The SMILES string of the molecule is COc1ccnc(-c2ccccc2[S+]([O-])c2nc3cc([N+](=O)[O-])ccc3[nH]2)c1. The molecule has 0 spiro atoms. The summed E-state index contributed by atoms with van der Waals surface area (Å²) in [6.45, 7) is 0. The Kier molecular flexibility index (Phi) is 4.68. The molecule has 0 saturated heterocycles. The number of nitrogens with one attached hydrogen (secondary N) is 1. The van der Waals surface area contributed by atoms with Crippen molar-refractivity contribution in [2.75, 3.05) is 7.11 Å². The fourth-order valence-electron chi connectivity index (χ4n) is 2.80. The van der Waals surface area contributed by atoms with Crippen LogP contribution in [0.4, 0.5) is 5.69 Å². The van der Waals surface area contributed by atoms with Gasteiger partial charge in [-0.3, -0.25) is 20.1 Å². The molecule has 1 N–H and O–H groups in total. The number of rotatable bonds is 5. The lowest BCUT2D eigenvalue weighted by molar-refractivity contribution is -0.384. The molecule has 0 aliphatic carbocycles. The first-order chi connectivity index (χ1) is 13.6. The van der Waals surface area contributed by atoms with Gasteiger partial charge in [-0.25, -0.2) is 0 Å². The summed E-state index contributed by atoms with van der Waals surface area (Å²) >= 11 is -1.63. The summed E-state index contributed by atoms with van der Waals surface area (Å²) in [5.41, 5.74) is 2.19. The van der Waals surface area contributed by atoms with Gasteiger partial charge in [0.1, 0.15) is 11.3 Å². The number of H-pyrrole nitrogens is 1. The normalized spacial score (nSPS) is 12.1. The van der Waals surface area contributed by atoms with Crippen LogP contribution in [0.15, 0.2) is 70.8 Å². The molecule has 0 amide bonds. The van der Waals surface area contributed by atoms with E-state index in [9.17, 15) is 14.7 Å². The quantitative estimate of drug-likeness (QED) is 0.313. The minimum absolute atomic E-state index is 0.0719. The molecule has 0 saturated carbocycles. The lowest BCUT2D eigenvalue weighted by Crippen LogP contribution is -2.06. The van der Waals surface area contributed by atoms with Crippen molar-refractivity contribution in [1.82, 2.24) is 15.0 Å². The molecule has 0 aliphatic rings. The van der Waals surface area contributed by atoms with Crippen molar-refractivity contribution in [1.29, 1.82) is 0 Å². The monoisotopic (exact) mass is 394 g/mol. The van der Waals surface area contributed by atoms with Crippen LogP contribution in [0.25, 0.3) is 22.3 Å². The summed E-state index contributed by atoms with van der Waals surface area (Å²) in [4.78, 5) is 22.6. The minimum Gasteiger partial charge on any atom is -0.604 e. The third-order valence-corrected chi connectivity index (χ3v) is 5.46. The largest absolute Gasteiger partial charge is 0.604 e. The number of aromatic nitrogens is 3. The van der Waals surface area contributed by atoms with Gasteiger partial charge in [-0.1, -0.05) is 12.1 Å². The number of ether oxygens (including phenoxy) is 1. The molecule has 0 aliphatic heterocycles. The van der Waals surface area contributed by atoms with Crippen LogP contribution in [0.5, 0.6) is 5.75 Å². The number of non-ortho nitro benzene ring substituents is 1. The van der Waals surface area contributed by atoms with Crippen LogP contribution in [0.2, 0.25) is 0 Å². The molecule has 9 heteroatoms. The second-order valence-electron chi connectivity index (χ2n) is 5.85. The Morgan fingerprint density at radius 2 is 1.96 bits per heavy atom. The van der Waals surface area contributed by atoms with Crippen molar-refractivity contribution in [3.63, 3.8) is 0 Å². The molecule has 4 aromatic rings. The van der Waals surface area contributed by atoms with Crippen molar-refractivity contribution < 1.29 is 14.2 Å². The highest BCUT2D eigenvalue weighted by atomic mass is 32.2. The third kappa shape index (κ3) is 3.28. The van der Waals surface area contributed by atoms with Gasteiger partial charge in [-0.2, -0.15) is 4.98 Å². The van der Waals surface area contributed by atoms with Crippen molar-refractivity contribution in [3.05, 3.63) is 70.9 Å². The van der Waals surface area contributed by atoms with Gasteiger partial charge < -0.3 is 9.29 Å². The van der Waals surface area contributed by atoms with Crippen LogP contribution < -0.4 is 4.74 Å². The molecule has 2 aromatic heterocycles. The summed E-state index contributed by atoms with van der Waals surface area (Å²) in [6.07, 6.45) is 1.62. The van der Waals surface area contributed by atoms with Crippen molar-refractivity contribution in [2.45, 2.75) is 10.1 Å². The van der Waals surface area contributed by atoms with E-state index in [4.69, 9.17) is 4.74 Å². The minimum atomic E-state index is -1.63. The average Bonchev–Trinajstić information content (AvgIpc) is 3.16. The molecule has 28 heavy (non-hydrogen) atoms. The predicted octanol–water partition coefficient (Wildman–Crippen LogP) is 3.71. The molecule has 1 atom stereocenters. The number of nitro groups is 1. The number of hydrogen-bond donors (Lipinski definition) is 1. The number of benzene rings is 2. The number of nitro benzene ring substituents is 1. The zero-order chi connectivity index (χ0) is 19.7. The van der Waals surface area contributed by atoms with E-state index in [1.54, 1.807) is 43.6 Å². The molecule has 0 radical (unpaired) electrons. The highest BCUT2D eigenvalue weighted by molar-refractivity contribution is 7.91. The van der Waals surface area contributed by atoms with E-state index < -0.39 is 16.1 Å². The number of pyridine rings is 1. The molecule has 2 aromatic carbocycles. The molecule has 140 valence electrons. The van der Waals surface area contributed by atoms with Crippen LogP contribution >= 0.6 is 0 Å². The maximum Gasteiger partial charge on any atom is 0.327 e. The molecule has 4 rings (SSSR count). The van der Waals surface area contributed by atoms with Crippen molar-refractivity contribution in [3.8, 4) is 17.0 Å². The van der Waals surface area contributed by atoms with E-state index in [-0.39, 0.29) is 10.8 Å². The van der Waals surface area contributed by atoms with Crippen LogP contribution in [-0.2, 0) is 11.2 Å². The first-order valence-electron chi connectivity index (χ1n) is 8.22. The number of aromatic amines is 1. The highest BCUT2D eigenvalue weighted by Gasteiger charge is 2.25. The van der Waals surface area contributed by atoms with Crippen LogP contribution in [0.3, 0.4) is 0 Å². The standard InChI is InChI=1S/C19H14N4O4S/c1-27-13-8-9-20-16(11-13)14-4-2-3-5-18(14)28(26)19-21-15-7-6-12(23(24)25)10-17(15)22-19/h2-11H,1H3,(H,21,22). The zero-order valence-electron chi connectivity index (χ0n) is 14.7. The summed E-state index contributed by atoms with van der Waals surface area (Å²) in [7, 11) is 1.57. The van der Waals surface area contributed by atoms with E-state index in [1.807, 2.05) is 12.1 Å². The fraction of sp³-hybridized carbons (Fsp3) is 0.0526. The van der Waals surface area contributed by atoms with E-state index >= 15 is 0 Å². The van der Waals surface area contributed by atoms with Gasteiger partial charge in [0.25, 0.3) is 5.69 Å². The zero-order valence-corrected chi connectivity index (χ0v) is 15.5. The Labute approximate surface area is 162 Å². The Morgan fingerprint density at radius 1 is 1.14 bits per heavy atom. The van der Waals surface area contributed by atoms with Crippen molar-refractivity contribution >= 4 is 27.9 Å². The highest BCUT2D eigenvalue weighted by Crippen LogP contribution is 2.31. The van der Waals surface area contributed by atoms with E-state index in [2.05, 4.69) is 15.0 Å². The van der Waals surface area contributed by atoms with Gasteiger partial charge in [-0.15, -0.1) is 0 Å². The van der Waals surface area contributed by atoms with Gasteiger partial charge in [-0.05, 0) is 24.3 Å². The molecule has 0 fully saturated rings. The van der Waals surface area contributed by atoms with Gasteiger partial charge in [0.05, 0.1) is 40.0 Å². The second-order valence-corrected chi connectivity index (χ2v) is 7.21. The van der Waals surface area contributed by atoms with Crippen LogP contribution in [-0.4, -0.2) is 31.5 Å². The molecule has 0 bridgehead atoms. The Bertz CT molecular complexity index is 1180. The molecule has 1 unspecified atom stereocenters. The van der Waals surface area contributed by atoms with Gasteiger partial charge >= 0.3 is 5.16 Å². The lowest BCUT2D eigenvalue weighted by atomic mass is 10.1. The summed E-state index contributed by atoms with van der Waals surface area (Å²) < 4.78 is 18.5. The van der Waals surface area contributed by atoms with Crippen LogP contribution in [0, 0.1) is 10.1 Å². The smallest absolute Gasteiger partial charge is 0.327 e. The summed E-state index contributed by atoms with van der Waals surface area (Å²) in [5, 5.41) is 11.2. The maximum absolute atomic E-state index is 13.2. The molecule has 8 nitrogen and oxygen atoms in total. The molecular weight excluding hydrogens is 380 g/mol. The first kappa shape index (κ1) is 18.0. The van der Waals surface area contributed by atoms with Crippen LogP contribution in [0.1, 0.15) is 0 Å². The summed E-state index contributed by atoms with van der Waals surface area (Å²) in [6, 6.07) is 14.9. The van der Waals surface area contributed by atoms with Gasteiger partial charge in [0.2, 0.25) is 0 Å². The Hall–Kier alpha value is -3.43. The lowest BCUT2D eigenvalue weighted by Gasteiger charge is -2.11. The molecular formula is C19H14N4O4S. The maximum atomic E-state index is 13.2. The molecule has 2 heterocycles. The Balaban J connectivity index is 1.77. The number of methoxy groups -OCH3 is 1. The summed E-state index contributed by atoms with van der Waals surface area (Å²) in [5.74, 6) is 0.640. The topological polar surface area (TPSA) is 117 Å². The number of fused-ring (bicyclic) bond motifs is 1.